The summed E-state index contributed by atoms with van der Waals surface area (Å²) in [4.78, 5) is 41.0. The molecule has 0 spiro atoms. The van der Waals surface area contributed by atoms with Gasteiger partial charge in [0.05, 0.1) is 5.69 Å². The SMILES string of the molecule is Cc1cc2c(cc1/C=C1\C(=O)NC(=O)N(c3cccc(F)c3)C1=O)[C@@H](C)CC(C)(C)N2C. The summed E-state index contributed by atoms with van der Waals surface area (Å²) in [6, 6.07) is 8.32. The maximum Gasteiger partial charge on any atom is 0.335 e. The van der Waals surface area contributed by atoms with Crippen LogP contribution < -0.4 is 15.1 Å². The predicted octanol–water partition coefficient (Wildman–Crippen LogP) is 4.52. The molecule has 166 valence electrons. The van der Waals surface area contributed by atoms with E-state index in [1.165, 1.54) is 24.3 Å². The van der Waals surface area contributed by atoms with Gasteiger partial charge in [-0.05, 0) is 86.2 Å². The number of amides is 4. The number of nitrogens with one attached hydrogen (secondary N) is 1. The lowest BCUT2D eigenvalue weighted by molar-refractivity contribution is -0.122. The predicted molar refractivity (Wildman–Crippen MR) is 122 cm³/mol. The first-order valence-electron chi connectivity index (χ1n) is 10.5. The monoisotopic (exact) mass is 435 g/mol. The number of fused-ring (bicyclic) bond motifs is 1. The van der Waals surface area contributed by atoms with Gasteiger partial charge < -0.3 is 4.90 Å². The Morgan fingerprint density at radius 1 is 1.16 bits per heavy atom. The van der Waals surface area contributed by atoms with Crippen molar-refractivity contribution in [2.75, 3.05) is 16.8 Å². The summed E-state index contributed by atoms with van der Waals surface area (Å²) in [5.74, 6) is -1.84. The van der Waals surface area contributed by atoms with Gasteiger partial charge in [0.15, 0.2) is 0 Å². The maximum atomic E-state index is 13.7. The molecule has 1 atom stereocenters. The zero-order valence-electron chi connectivity index (χ0n) is 18.8. The number of nitrogens with zero attached hydrogens (tertiary/aromatic N) is 2. The molecule has 1 N–H and O–H groups in total. The van der Waals surface area contributed by atoms with Crippen LogP contribution in [0.4, 0.5) is 20.6 Å². The van der Waals surface area contributed by atoms with Crippen molar-refractivity contribution in [3.63, 3.8) is 0 Å². The molecule has 0 unspecified atom stereocenters. The Bertz CT molecular complexity index is 1180. The molecule has 1 fully saturated rings. The molecule has 1 saturated heterocycles. The van der Waals surface area contributed by atoms with E-state index in [4.69, 9.17) is 0 Å². The molecule has 0 saturated carbocycles. The Morgan fingerprint density at radius 3 is 2.56 bits per heavy atom. The van der Waals surface area contributed by atoms with E-state index in [-0.39, 0.29) is 16.8 Å². The van der Waals surface area contributed by atoms with Crippen LogP contribution in [0.15, 0.2) is 42.0 Å². The molecule has 2 heterocycles. The zero-order chi connectivity index (χ0) is 23.4. The van der Waals surface area contributed by atoms with Gasteiger partial charge in [-0.2, -0.15) is 0 Å². The molecule has 2 aliphatic rings. The number of carbonyl (C=O) groups is 3. The third-order valence-corrected chi connectivity index (χ3v) is 6.49. The summed E-state index contributed by atoms with van der Waals surface area (Å²) < 4.78 is 13.7. The summed E-state index contributed by atoms with van der Waals surface area (Å²) >= 11 is 0. The van der Waals surface area contributed by atoms with Gasteiger partial charge in [-0.3, -0.25) is 14.9 Å². The lowest BCUT2D eigenvalue weighted by atomic mass is 9.79. The number of benzene rings is 2. The molecule has 0 aromatic heterocycles. The average molecular weight is 435 g/mol. The summed E-state index contributed by atoms with van der Waals surface area (Å²) in [7, 11) is 2.07. The van der Waals surface area contributed by atoms with Crippen molar-refractivity contribution in [3.05, 3.63) is 64.5 Å². The Hall–Kier alpha value is -3.48. The number of anilines is 2. The summed E-state index contributed by atoms with van der Waals surface area (Å²) in [6.07, 6.45) is 2.48. The van der Waals surface area contributed by atoms with Crippen molar-refractivity contribution in [2.45, 2.75) is 45.6 Å². The fraction of sp³-hybridized carbons (Fsp3) is 0.320. The molecule has 32 heavy (non-hydrogen) atoms. The van der Waals surface area contributed by atoms with Crippen molar-refractivity contribution < 1.29 is 18.8 Å². The highest BCUT2D eigenvalue weighted by Crippen LogP contribution is 2.43. The zero-order valence-corrected chi connectivity index (χ0v) is 18.8. The van der Waals surface area contributed by atoms with E-state index in [1.807, 2.05) is 13.0 Å². The van der Waals surface area contributed by atoms with Gasteiger partial charge in [0, 0.05) is 18.3 Å². The first kappa shape index (κ1) is 21.7. The Balaban J connectivity index is 1.78. The van der Waals surface area contributed by atoms with Crippen molar-refractivity contribution in [1.82, 2.24) is 5.32 Å². The van der Waals surface area contributed by atoms with E-state index in [2.05, 4.69) is 44.1 Å². The van der Waals surface area contributed by atoms with Crippen LogP contribution in [-0.4, -0.2) is 30.4 Å². The van der Waals surface area contributed by atoms with Crippen molar-refractivity contribution in [1.29, 1.82) is 0 Å². The highest BCUT2D eigenvalue weighted by Gasteiger charge is 2.38. The lowest BCUT2D eigenvalue weighted by Crippen LogP contribution is -2.54. The highest BCUT2D eigenvalue weighted by molar-refractivity contribution is 6.39. The quantitative estimate of drug-likeness (QED) is 0.556. The Labute approximate surface area is 186 Å². The third kappa shape index (κ3) is 3.57. The van der Waals surface area contributed by atoms with Crippen molar-refractivity contribution >= 4 is 35.3 Å². The molecular formula is C25H26FN3O3. The fourth-order valence-electron chi connectivity index (χ4n) is 4.55. The minimum Gasteiger partial charge on any atom is -0.369 e. The van der Waals surface area contributed by atoms with Gasteiger partial charge >= 0.3 is 6.03 Å². The summed E-state index contributed by atoms with van der Waals surface area (Å²) in [6.45, 7) is 8.51. The van der Waals surface area contributed by atoms with E-state index in [9.17, 15) is 18.8 Å². The minimum absolute atomic E-state index is 0.0177. The molecule has 0 radical (unpaired) electrons. The summed E-state index contributed by atoms with van der Waals surface area (Å²) in [5.41, 5.74) is 3.82. The van der Waals surface area contributed by atoms with Crippen LogP contribution in [0.25, 0.3) is 6.08 Å². The number of halogens is 1. The molecule has 0 bridgehead atoms. The van der Waals surface area contributed by atoms with Gasteiger partial charge in [-0.15, -0.1) is 0 Å². The number of hydrogen-bond donors (Lipinski definition) is 1. The van der Waals surface area contributed by atoms with Crippen LogP contribution in [0.3, 0.4) is 0 Å². The third-order valence-electron chi connectivity index (χ3n) is 6.49. The molecule has 4 rings (SSSR count). The first-order valence-corrected chi connectivity index (χ1v) is 10.5. The molecular weight excluding hydrogens is 409 g/mol. The number of carbonyl (C=O) groups excluding carboxylic acids is 3. The van der Waals surface area contributed by atoms with Crippen molar-refractivity contribution in [3.8, 4) is 0 Å². The average Bonchev–Trinajstić information content (AvgIpc) is 2.69. The van der Waals surface area contributed by atoms with E-state index < -0.39 is 23.7 Å². The molecule has 2 aromatic rings. The molecule has 2 aliphatic heterocycles. The lowest BCUT2D eigenvalue weighted by Gasteiger charge is -2.45. The standard InChI is InChI=1S/C25H26FN3O3/c1-14-9-21-19(15(2)13-25(3,4)28(21)5)10-16(14)11-20-22(30)27-24(32)29(23(20)31)18-8-6-7-17(26)12-18/h6-12,15H,13H2,1-5H3,(H,27,30,32)/b20-11+/t15-/m0/s1. The first-order chi connectivity index (χ1) is 15.0. The minimum atomic E-state index is -0.901. The Kier molecular flexibility index (Phi) is 5.15. The van der Waals surface area contributed by atoms with Crippen LogP contribution in [-0.2, 0) is 9.59 Å². The van der Waals surface area contributed by atoms with Gasteiger partial charge in [0.2, 0.25) is 0 Å². The molecule has 0 aliphatic carbocycles. The van der Waals surface area contributed by atoms with E-state index in [0.717, 1.165) is 39.8 Å². The number of urea groups is 1. The van der Waals surface area contributed by atoms with Crippen LogP contribution in [0.1, 0.15) is 49.8 Å². The second-order valence-corrected chi connectivity index (χ2v) is 9.18. The van der Waals surface area contributed by atoms with E-state index in [0.29, 0.717) is 5.92 Å². The highest BCUT2D eigenvalue weighted by atomic mass is 19.1. The van der Waals surface area contributed by atoms with Gasteiger partial charge in [-0.1, -0.05) is 13.0 Å². The van der Waals surface area contributed by atoms with Crippen molar-refractivity contribution in [2.24, 2.45) is 0 Å². The van der Waals surface area contributed by atoms with Gasteiger partial charge in [0.25, 0.3) is 11.8 Å². The van der Waals surface area contributed by atoms with Gasteiger partial charge in [0.1, 0.15) is 11.4 Å². The smallest absolute Gasteiger partial charge is 0.335 e. The van der Waals surface area contributed by atoms with E-state index in [1.54, 1.807) is 0 Å². The van der Waals surface area contributed by atoms with Crippen LogP contribution >= 0.6 is 0 Å². The molecule has 2 aromatic carbocycles. The summed E-state index contributed by atoms with van der Waals surface area (Å²) in [5, 5.41) is 2.18. The fourth-order valence-corrected chi connectivity index (χ4v) is 4.55. The van der Waals surface area contributed by atoms with Crippen LogP contribution in [0.2, 0.25) is 0 Å². The van der Waals surface area contributed by atoms with Crippen LogP contribution in [0, 0.1) is 12.7 Å². The Morgan fingerprint density at radius 2 is 1.88 bits per heavy atom. The largest absolute Gasteiger partial charge is 0.369 e. The molecule has 7 heteroatoms. The van der Waals surface area contributed by atoms with Crippen LogP contribution in [0.5, 0.6) is 0 Å². The second kappa shape index (κ2) is 7.58. The number of rotatable bonds is 2. The number of aryl methyl sites for hydroxylation is 1. The molecule has 6 nitrogen and oxygen atoms in total. The van der Waals surface area contributed by atoms with Gasteiger partial charge in [-0.25, -0.2) is 14.1 Å². The second-order valence-electron chi connectivity index (χ2n) is 9.18. The number of imide groups is 2. The topological polar surface area (TPSA) is 69.7 Å². The van der Waals surface area contributed by atoms with E-state index >= 15 is 0 Å². The molecule has 4 amide bonds. The maximum absolute atomic E-state index is 13.7. The number of barbiturate groups is 1. The number of hydrogen-bond acceptors (Lipinski definition) is 4. The normalized spacial score (nSPS) is 21.6.